The van der Waals surface area contributed by atoms with Gasteiger partial charge in [0.15, 0.2) is 16.8 Å². The van der Waals surface area contributed by atoms with E-state index in [1.165, 1.54) is 0 Å². The Morgan fingerprint density at radius 3 is 0.867 bits per heavy atom. The second-order valence-corrected chi connectivity index (χ2v) is 8.49. The molecule has 30 heavy (non-hydrogen) atoms. The second-order valence-electron chi connectivity index (χ2n) is 8.49. The van der Waals surface area contributed by atoms with Gasteiger partial charge in [-0.1, -0.05) is 37.0 Å². The third kappa shape index (κ3) is 7.00. The van der Waals surface area contributed by atoms with Crippen LogP contribution in [0.2, 0.25) is 0 Å². The standard InChI is InChI=1S/3C8H12O2/c3*1-2-8(10)6-4-3-5-7(8)9/h3*1,7,9-10H,3-6H2/t3*7-,8-/m110/s1. The smallest absolute Gasteiger partial charge is 0.150 e. The minimum absolute atomic E-state index is 0.532. The van der Waals surface area contributed by atoms with Crippen LogP contribution in [0, 0.1) is 37.0 Å². The van der Waals surface area contributed by atoms with Crippen LogP contribution >= 0.6 is 0 Å². The Kier molecular flexibility index (Phi) is 10.4. The molecule has 0 amide bonds. The van der Waals surface area contributed by atoms with Crippen LogP contribution in [0.3, 0.4) is 0 Å². The molecule has 0 heterocycles. The van der Waals surface area contributed by atoms with Gasteiger partial charge >= 0.3 is 0 Å². The van der Waals surface area contributed by atoms with Gasteiger partial charge < -0.3 is 30.6 Å². The van der Waals surface area contributed by atoms with E-state index in [9.17, 15) is 30.6 Å². The summed E-state index contributed by atoms with van der Waals surface area (Å²) in [6.45, 7) is 0. The van der Waals surface area contributed by atoms with Crippen LogP contribution in [0.15, 0.2) is 0 Å². The molecule has 3 aliphatic rings. The van der Waals surface area contributed by atoms with Crippen LogP contribution in [-0.4, -0.2) is 65.8 Å². The number of hydrogen-bond acceptors (Lipinski definition) is 6. The molecule has 0 unspecified atom stereocenters. The molecule has 0 aliphatic heterocycles. The maximum Gasteiger partial charge on any atom is 0.150 e. The summed E-state index contributed by atoms with van der Waals surface area (Å²) in [5.41, 5.74) is -3.71. The average molecular weight is 421 g/mol. The molecule has 168 valence electrons. The highest BCUT2D eigenvalue weighted by Gasteiger charge is 2.37. The van der Waals surface area contributed by atoms with Gasteiger partial charge in [0.25, 0.3) is 0 Å². The quantitative estimate of drug-likeness (QED) is 0.323. The largest absolute Gasteiger partial charge is 0.389 e. The Labute approximate surface area is 180 Å². The fourth-order valence-electron chi connectivity index (χ4n) is 3.92. The van der Waals surface area contributed by atoms with E-state index in [-0.39, 0.29) is 0 Å². The SMILES string of the molecule is C#C[C@@]1(O)CCCC[C@H]1O.C#C[C@@]1(O)CCCC[C@H]1O.C#C[C@]1(O)CCCC[C@@H]1O. The monoisotopic (exact) mass is 420 g/mol. The molecule has 6 atom stereocenters. The molecule has 3 saturated carbocycles. The normalized spacial score (nSPS) is 40.7. The lowest BCUT2D eigenvalue weighted by Crippen LogP contribution is -2.43. The van der Waals surface area contributed by atoms with E-state index in [2.05, 4.69) is 17.8 Å². The summed E-state index contributed by atoms with van der Waals surface area (Å²) in [5, 5.41) is 56.1. The zero-order chi connectivity index (χ0) is 22.8. The van der Waals surface area contributed by atoms with Crippen molar-refractivity contribution in [1.82, 2.24) is 0 Å². The summed E-state index contributed by atoms with van der Waals surface area (Å²) in [4.78, 5) is 0. The highest BCUT2D eigenvalue weighted by atomic mass is 16.3. The highest BCUT2D eigenvalue weighted by Crippen LogP contribution is 2.29. The summed E-state index contributed by atoms with van der Waals surface area (Å²) in [6.07, 6.45) is 22.2. The zero-order valence-electron chi connectivity index (χ0n) is 17.6. The van der Waals surface area contributed by atoms with E-state index in [1.54, 1.807) is 0 Å². The molecular formula is C24H36O6. The van der Waals surface area contributed by atoms with Gasteiger partial charge in [0.05, 0.1) is 18.3 Å². The third-order valence-electron chi connectivity index (χ3n) is 6.26. The Morgan fingerprint density at radius 2 is 0.733 bits per heavy atom. The Morgan fingerprint density at radius 1 is 0.500 bits per heavy atom. The Bertz CT molecular complexity index is 568. The lowest BCUT2D eigenvalue weighted by atomic mass is 9.83. The molecule has 6 N–H and O–H groups in total. The minimum atomic E-state index is -1.24. The summed E-state index contributed by atoms with van der Waals surface area (Å²) in [7, 11) is 0. The van der Waals surface area contributed by atoms with Gasteiger partial charge in [-0.15, -0.1) is 19.3 Å². The molecular weight excluding hydrogens is 384 g/mol. The molecule has 0 spiro atoms. The Balaban J connectivity index is 0.000000225. The third-order valence-corrected chi connectivity index (χ3v) is 6.26. The van der Waals surface area contributed by atoms with Crippen molar-refractivity contribution in [2.75, 3.05) is 0 Å². The predicted molar refractivity (Wildman–Crippen MR) is 115 cm³/mol. The van der Waals surface area contributed by atoms with Crippen molar-refractivity contribution in [3.8, 4) is 37.0 Å². The van der Waals surface area contributed by atoms with Gasteiger partial charge in [0, 0.05) is 0 Å². The van der Waals surface area contributed by atoms with Gasteiger partial charge in [0.2, 0.25) is 0 Å². The van der Waals surface area contributed by atoms with Crippen molar-refractivity contribution in [3.63, 3.8) is 0 Å². The molecule has 0 aromatic carbocycles. The van der Waals surface area contributed by atoms with Crippen LogP contribution in [0.1, 0.15) is 77.0 Å². The number of rotatable bonds is 0. The summed E-state index contributed by atoms with van der Waals surface area (Å²) in [6, 6.07) is 0. The topological polar surface area (TPSA) is 121 Å². The Hall–Kier alpha value is -1.56. The van der Waals surface area contributed by atoms with E-state index in [1.807, 2.05) is 0 Å². The van der Waals surface area contributed by atoms with Crippen molar-refractivity contribution >= 4 is 0 Å². The first-order chi connectivity index (χ1) is 14.1. The zero-order valence-corrected chi connectivity index (χ0v) is 17.6. The van der Waals surface area contributed by atoms with Crippen molar-refractivity contribution in [1.29, 1.82) is 0 Å². The van der Waals surface area contributed by atoms with E-state index >= 15 is 0 Å². The van der Waals surface area contributed by atoms with Gasteiger partial charge in [-0.2, -0.15) is 0 Å². The van der Waals surface area contributed by atoms with Crippen molar-refractivity contribution in [2.45, 2.75) is 112 Å². The van der Waals surface area contributed by atoms with Crippen LogP contribution in [0.5, 0.6) is 0 Å². The lowest BCUT2D eigenvalue weighted by molar-refractivity contribution is -0.0583. The van der Waals surface area contributed by atoms with Gasteiger partial charge in [-0.3, -0.25) is 0 Å². The fraction of sp³-hybridized carbons (Fsp3) is 0.750. The van der Waals surface area contributed by atoms with Gasteiger partial charge in [-0.25, -0.2) is 0 Å². The second kappa shape index (κ2) is 11.7. The minimum Gasteiger partial charge on any atom is -0.389 e. The summed E-state index contributed by atoms with van der Waals surface area (Å²) in [5.74, 6) is 6.71. The molecule has 3 aliphatic carbocycles. The fourth-order valence-corrected chi connectivity index (χ4v) is 3.92. The first-order valence-electron chi connectivity index (χ1n) is 10.7. The number of hydrogen-bond donors (Lipinski definition) is 6. The van der Waals surface area contributed by atoms with Crippen LogP contribution in [0.25, 0.3) is 0 Å². The van der Waals surface area contributed by atoms with E-state index in [0.717, 1.165) is 38.5 Å². The molecule has 6 nitrogen and oxygen atoms in total. The highest BCUT2D eigenvalue weighted by molar-refractivity contribution is 5.13. The molecule has 3 fully saturated rings. The van der Waals surface area contributed by atoms with Crippen LogP contribution < -0.4 is 0 Å². The molecule has 0 bridgehead atoms. The molecule has 0 aromatic rings. The number of terminal acetylenes is 3. The maximum atomic E-state index is 9.46. The van der Waals surface area contributed by atoms with Crippen molar-refractivity contribution in [2.24, 2.45) is 0 Å². The first kappa shape index (κ1) is 26.5. The molecule has 0 radical (unpaired) electrons. The van der Waals surface area contributed by atoms with Crippen molar-refractivity contribution < 1.29 is 30.6 Å². The van der Waals surface area contributed by atoms with E-state index < -0.39 is 35.1 Å². The maximum absolute atomic E-state index is 9.46. The van der Waals surface area contributed by atoms with Gasteiger partial charge in [-0.05, 0) is 57.8 Å². The molecule has 6 heteroatoms. The van der Waals surface area contributed by atoms with Crippen LogP contribution in [-0.2, 0) is 0 Å². The van der Waals surface area contributed by atoms with Crippen LogP contribution in [0.4, 0.5) is 0 Å². The predicted octanol–water partition coefficient (Wildman–Crippen LogP) is 0.857. The van der Waals surface area contributed by atoms with E-state index in [4.69, 9.17) is 19.3 Å². The lowest BCUT2D eigenvalue weighted by Gasteiger charge is -2.31. The summed E-state index contributed by atoms with van der Waals surface area (Å²) < 4.78 is 0. The summed E-state index contributed by atoms with van der Waals surface area (Å²) >= 11 is 0. The number of aliphatic hydroxyl groups excluding tert-OH is 3. The number of aliphatic hydroxyl groups is 6. The first-order valence-corrected chi connectivity index (χ1v) is 10.7. The molecule has 0 aromatic heterocycles. The van der Waals surface area contributed by atoms with Crippen molar-refractivity contribution in [3.05, 3.63) is 0 Å². The van der Waals surface area contributed by atoms with Gasteiger partial charge in [0.1, 0.15) is 0 Å². The average Bonchev–Trinajstić information content (AvgIpc) is 2.75. The molecule has 0 saturated heterocycles. The molecule has 3 rings (SSSR count). The van der Waals surface area contributed by atoms with E-state index in [0.29, 0.717) is 38.5 Å².